The molecular formula is C20H22FN3O4. The SMILES string of the molecule is CC(C)c1cc(C(=O)O)c(=O)n2cc(F)c(-c3cn(C)c(C(C)(C)O)n3)cc12. The molecule has 0 aromatic carbocycles. The van der Waals surface area contributed by atoms with E-state index in [2.05, 4.69) is 4.98 Å². The molecule has 0 amide bonds. The van der Waals surface area contributed by atoms with E-state index in [1.165, 1.54) is 12.1 Å². The molecule has 0 fully saturated rings. The van der Waals surface area contributed by atoms with Crippen LogP contribution < -0.4 is 5.56 Å². The lowest BCUT2D eigenvalue weighted by atomic mass is 9.99. The summed E-state index contributed by atoms with van der Waals surface area (Å²) in [6.07, 6.45) is 2.59. The zero-order valence-corrected chi connectivity index (χ0v) is 16.3. The highest BCUT2D eigenvalue weighted by Crippen LogP contribution is 2.29. The zero-order valence-electron chi connectivity index (χ0n) is 16.3. The Kier molecular flexibility index (Phi) is 4.63. The highest BCUT2D eigenvalue weighted by atomic mass is 19.1. The van der Waals surface area contributed by atoms with Crippen LogP contribution in [0, 0.1) is 5.82 Å². The first-order valence-corrected chi connectivity index (χ1v) is 8.80. The summed E-state index contributed by atoms with van der Waals surface area (Å²) in [7, 11) is 1.70. The van der Waals surface area contributed by atoms with E-state index < -0.39 is 28.5 Å². The number of carboxylic acids is 1. The Labute approximate surface area is 160 Å². The summed E-state index contributed by atoms with van der Waals surface area (Å²) < 4.78 is 17.5. The van der Waals surface area contributed by atoms with Crippen molar-refractivity contribution < 1.29 is 19.4 Å². The number of hydrogen-bond acceptors (Lipinski definition) is 4. The maximum Gasteiger partial charge on any atom is 0.341 e. The second-order valence-electron chi connectivity index (χ2n) is 7.69. The van der Waals surface area contributed by atoms with Gasteiger partial charge in [0, 0.05) is 25.0 Å². The van der Waals surface area contributed by atoms with Crippen LogP contribution in [0.25, 0.3) is 16.8 Å². The largest absolute Gasteiger partial charge is 0.477 e. The van der Waals surface area contributed by atoms with Gasteiger partial charge in [-0.3, -0.25) is 9.20 Å². The van der Waals surface area contributed by atoms with Crippen LogP contribution in [0.4, 0.5) is 4.39 Å². The number of imidazole rings is 1. The maximum absolute atomic E-state index is 14.9. The lowest BCUT2D eigenvalue weighted by Crippen LogP contribution is -2.23. The standard InChI is InChI=1S/C20H22FN3O4/c1-10(2)11-6-13(18(26)27)17(25)24-8-14(21)12(7-16(11)24)15-9-23(5)19(22-15)20(3,4)28/h6-10,28H,1-5H3,(H,26,27). The van der Waals surface area contributed by atoms with E-state index in [1.54, 1.807) is 31.7 Å². The fourth-order valence-electron chi connectivity index (χ4n) is 3.32. The summed E-state index contributed by atoms with van der Waals surface area (Å²) in [5.74, 6) is -1.80. The molecule has 3 aromatic heterocycles. The molecule has 0 aliphatic rings. The van der Waals surface area contributed by atoms with E-state index in [0.29, 0.717) is 22.6 Å². The fourth-order valence-corrected chi connectivity index (χ4v) is 3.32. The Bertz CT molecular complexity index is 1150. The quantitative estimate of drug-likeness (QED) is 0.718. The first-order valence-electron chi connectivity index (χ1n) is 8.80. The van der Waals surface area contributed by atoms with Gasteiger partial charge in [0.1, 0.15) is 22.8 Å². The molecule has 0 atom stereocenters. The molecule has 0 aliphatic heterocycles. The normalized spacial score (nSPS) is 12.1. The number of aliphatic hydroxyl groups is 1. The van der Waals surface area contributed by atoms with Gasteiger partial charge >= 0.3 is 5.97 Å². The van der Waals surface area contributed by atoms with Crippen LogP contribution in [-0.2, 0) is 12.6 Å². The van der Waals surface area contributed by atoms with Crippen molar-refractivity contribution in [2.45, 2.75) is 39.2 Å². The van der Waals surface area contributed by atoms with Crippen LogP contribution in [-0.4, -0.2) is 30.1 Å². The van der Waals surface area contributed by atoms with Crippen LogP contribution in [0.1, 0.15) is 55.4 Å². The van der Waals surface area contributed by atoms with Gasteiger partial charge in [0.2, 0.25) is 0 Å². The van der Waals surface area contributed by atoms with Crippen LogP contribution in [0.3, 0.4) is 0 Å². The van der Waals surface area contributed by atoms with Gasteiger partial charge in [0.25, 0.3) is 5.56 Å². The van der Waals surface area contributed by atoms with E-state index in [1.807, 2.05) is 13.8 Å². The molecule has 3 rings (SSSR count). The number of rotatable bonds is 4. The number of hydrogen-bond donors (Lipinski definition) is 2. The van der Waals surface area contributed by atoms with Crippen molar-refractivity contribution in [3.05, 3.63) is 57.6 Å². The zero-order chi connectivity index (χ0) is 21.0. The molecule has 0 saturated heterocycles. The van der Waals surface area contributed by atoms with Crippen molar-refractivity contribution in [2.75, 3.05) is 0 Å². The summed E-state index contributed by atoms with van der Waals surface area (Å²) >= 11 is 0. The average molecular weight is 387 g/mol. The number of carboxylic acid groups (broad SMARTS) is 1. The Hall–Kier alpha value is -3.00. The van der Waals surface area contributed by atoms with E-state index in [0.717, 1.165) is 10.6 Å². The highest BCUT2D eigenvalue weighted by Gasteiger charge is 2.25. The first-order chi connectivity index (χ1) is 12.9. The molecular weight excluding hydrogens is 365 g/mol. The minimum Gasteiger partial charge on any atom is -0.477 e. The van der Waals surface area contributed by atoms with Crippen LogP contribution in [0.5, 0.6) is 0 Å². The number of nitrogens with zero attached hydrogens (tertiary/aromatic N) is 3. The molecule has 0 spiro atoms. The second kappa shape index (κ2) is 6.56. The molecule has 0 saturated carbocycles. The number of aryl methyl sites for hydroxylation is 1. The molecule has 0 bridgehead atoms. The Morgan fingerprint density at radius 1 is 1.25 bits per heavy atom. The van der Waals surface area contributed by atoms with Crippen LogP contribution >= 0.6 is 0 Å². The topological polar surface area (TPSA) is 96.8 Å². The second-order valence-corrected chi connectivity index (χ2v) is 7.69. The number of aromatic nitrogens is 3. The molecule has 2 N–H and O–H groups in total. The van der Waals surface area contributed by atoms with Crippen molar-refractivity contribution in [1.29, 1.82) is 0 Å². The molecule has 0 aliphatic carbocycles. The summed E-state index contributed by atoms with van der Waals surface area (Å²) in [5.41, 5.74) is -0.920. The van der Waals surface area contributed by atoms with Gasteiger partial charge < -0.3 is 14.8 Å². The minimum absolute atomic E-state index is 0.0947. The minimum atomic E-state index is -1.36. The molecule has 3 heterocycles. The predicted octanol–water partition coefficient (Wildman–Crippen LogP) is 2.89. The van der Waals surface area contributed by atoms with Gasteiger partial charge in [0.15, 0.2) is 0 Å². The van der Waals surface area contributed by atoms with Crippen molar-refractivity contribution >= 4 is 11.5 Å². The average Bonchev–Trinajstić information content (AvgIpc) is 2.96. The molecule has 8 heteroatoms. The number of fused-ring (bicyclic) bond motifs is 1. The third kappa shape index (κ3) is 3.20. The summed E-state index contributed by atoms with van der Waals surface area (Å²) in [6, 6.07) is 2.83. The van der Waals surface area contributed by atoms with Crippen molar-refractivity contribution in [3.8, 4) is 11.3 Å². The number of halogens is 1. The van der Waals surface area contributed by atoms with Gasteiger partial charge in [0.05, 0.1) is 11.2 Å². The molecule has 0 unspecified atom stereocenters. The summed E-state index contributed by atoms with van der Waals surface area (Å²) in [6.45, 7) is 6.89. The van der Waals surface area contributed by atoms with Gasteiger partial charge in [-0.1, -0.05) is 13.8 Å². The van der Waals surface area contributed by atoms with Gasteiger partial charge in [-0.15, -0.1) is 0 Å². The fraction of sp³-hybridized carbons (Fsp3) is 0.350. The van der Waals surface area contributed by atoms with E-state index in [4.69, 9.17) is 0 Å². The Morgan fingerprint density at radius 3 is 2.39 bits per heavy atom. The summed E-state index contributed by atoms with van der Waals surface area (Å²) in [5, 5.41) is 19.5. The van der Waals surface area contributed by atoms with Gasteiger partial charge in [-0.25, -0.2) is 14.2 Å². The Morgan fingerprint density at radius 2 is 1.89 bits per heavy atom. The van der Waals surface area contributed by atoms with Crippen LogP contribution in [0.2, 0.25) is 0 Å². The van der Waals surface area contributed by atoms with Crippen molar-refractivity contribution in [1.82, 2.24) is 14.0 Å². The monoisotopic (exact) mass is 387 g/mol. The molecule has 28 heavy (non-hydrogen) atoms. The third-order valence-corrected chi connectivity index (χ3v) is 4.64. The van der Waals surface area contributed by atoms with E-state index in [-0.39, 0.29) is 11.5 Å². The third-order valence-electron chi connectivity index (χ3n) is 4.64. The maximum atomic E-state index is 14.9. The van der Waals surface area contributed by atoms with E-state index >= 15 is 0 Å². The van der Waals surface area contributed by atoms with Crippen LogP contribution in [0.15, 0.2) is 29.3 Å². The number of aromatic carboxylic acids is 1. The molecule has 148 valence electrons. The predicted molar refractivity (Wildman–Crippen MR) is 102 cm³/mol. The molecule has 7 nitrogen and oxygen atoms in total. The van der Waals surface area contributed by atoms with Crippen molar-refractivity contribution in [2.24, 2.45) is 7.05 Å². The molecule has 3 aromatic rings. The number of pyridine rings is 2. The van der Waals surface area contributed by atoms with E-state index in [9.17, 15) is 24.2 Å². The lowest BCUT2D eigenvalue weighted by Gasteiger charge is -2.16. The molecule has 0 radical (unpaired) electrons. The van der Waals surface area contributed by atoms with Gasteiger partial charge in [-0.05, 0) is 37.5 Å². The highest BCUT2D eigenvalue weighted by molar-refractivity contribution is 5.88. The lowest BCUT2D eigenvalue weighted by molar-refractivity contribution is 0.0657. The summed E-state index contributed by atoms with van der Waals surface area (Å²) in [4.78, 5) is 28.3. The first kappa shape index (κ1) is 19.8. The van der Waals surface area contributed by atoms with Crippen molar-refractivity contribution in [3.63, 3.8) is 0 Å². The number of carbonyl (C=O) groups is 1. The van der Waals surface area contributed by atoms with Gasteiger partial charge in [-0.2, -0.15) is 0 Å². The Balaban J connectivity index is 2.35. The smallest absolute Gasteiger partial charge is 0.341 e.